The minimum atomic E-state index is -3.69. The predicted molar refractivity (Wildman–Crippen MR) is 96.5 cm³/mol. The molecule has 25 heavy (non-hydrogen) atoms. The van der Waals surface area contributed by atoms with Crippen LogP contribution in [0.2, 0.25) is 0 Å². The molecule has 0 saturated carbocycles. The van der Waals surface area contributed by atoms with Crippen molar-refractivity contribution in [2.24, 2.45) is 0 Å². The molecule has 1 N–H and O–H groups in total. The molecular weight excluding hydrogens is 360 g/mol. The average Bonchev–Trinajstić information content (AvgIpc) is 3.08. The summed E-state index contributed by atoms with van der Waals surface area (Å²) in [6.45, 7) is 4.51. The summed E-state index contributed by atoms with van der Waals surface area (Å²) in [6.07, 6.45) is 0. The number of hydrogen-bond donors (Lipinski definition) is 1. The molecule has 0 spiro atoms. The Morgan fingerprint density at radius 2 is 1.88 bits per heavy atom. The van der Waals surface area contributed by atoms with Crippen molar-refractivity contribution in [3.8, 4) is 0 Å². The maximum atomic E-state index is 12.9. The van der Waals surface area contributed by atoms with E-state index in [-0.39, 0.29) is 16.0 Å². The molecule has 1 fully saturated rings. The average molecular weight is 380 g/mol. The van der Waals surface area contributed by atoms with E-state index in [0.717, 1.165) is 6.54 Å². The van der Waals surface area contributed by atoms with Gasteiger partial charge < -0.3 is 5.11 Å². The molecule has 0 amide bonds. The lowest BCUT2D eigenvalue weighted by Crippen LogP contribution is -2.48. The van der Waals surface area contributed by atoms with E-state index in [1.807, 2.05) is 11.4 Å². The van der Waals surface area contributed by atoms with Gasteiger partial charge in [0.1, 0.15) is 0 Å². The molecule has 3 rings (SSSR count). The third-order valence-corrected chi connectivity index (χ3v) is 7.33. The molecule has 6 nitrogen and oxygen atoms in total. The fourth-order valence-corrected chi connectivity index (χ4v) is 5.43. The van der Waals surface area contributed by atoms with Crippen LogP contribution in [0.3, 0.4) is 0 Å². The monoisotopic (exact) mass is 380 g/mol. The molecule has 2 aromatic rings. The molecule has 0 radical (unpaired) electrons. The Hall–Kier alpha value is -1.74. The number of hydrogen-bond acceptors (Lipinski definition) is 5. The zero-order chi connectivity index (χ0) is 18.0. The van der Waals surface area contributed by atoms with Gasteiger partial charge in [0, 0.05) is 37.6 Å². The first kappa shape index (κ1) is 18.1. The standard InChI is InChI=1S/C17H20N2O4S2/c1-13-15(17(20)21)5-2-6-16(13)25(22,23)19-9-7-18(8-10-19)12-14-4-3-11-24-14/h2-6,11H,7-10,12H2,1H3,(H,20,21). The molecule has 1 aromatic carbocycles. The Balaban J connectivity index is 1.74. The largest absolute Gasteiger partial charge is 0.478 e. The second-order valence-electron chi connectivity index (χ2n) is 5.99. The SMILES string of the molecule is Cc1c(C(=O)O)cccc1S(=O)(=O)N1CCN(Cc2cccs2)CC1. The van der Waals surface area contributed by atoms with Crippen LogP contribution in [0.1, 0.15) is 20.8 Å². The van der Waals surface area contributed by atoms with E-state index in [1.165, 1.54) is 27.4 Å². The number of benzene rings is 1. The van der Waals surface area contributed by atoms with Gasteiger partial charge in [-0.3, -0.25) is 4.90 Å². The van der Waals surface area contributed by atoms with E-state index in [1.54, 1.807) is 18.3 Å². The van der Waals surface area contributed by atoms with Crippen molar-refractivity contribution in [1.82, 2.24) is 9.21 Å². The van der Waals surface area contributed by atoms with E-state index in [0.29, 0.717) is 26.2 Å². The van der Waals surface area contributed by atoms with Gasteiger partial charge in [-0.2, -0.15) is 4.31 Å². The van der Waals surface area contributed by atoms with Crippen molar-refractivity contribution in [2.45, 2.75) is 18.4 Å². The smallest absolute Gasteiger partial charge is 0.335 e. The van der Waals surface area contributed by atoms with Crippen LogP contribution in [0.25, 0.3) is 0 Å². The normalized spacial score (nSPS) is 16.8. The van der Waals surface area contributed by atoms with Crippen molar-refractivity contribution in [3.05, 3.63) is 51.7 Å². The number of carboxylic acids is 1. The minimum Gasteiger partial charge on any atom is -0.478 e. The lowest BCUT2D eigenvalue weighted by molar-refractivity contribution is 0.0696. The summed E-state index contributed by atoms with van der Waals surface area (Å²) in [6, 6.07) is 8.48. The molecule has 0 bridgehead atoms. The number of thiophene rings is 1. The first-order valence-electron chi connectivity index (χ1n) is 7.97. The van der Waals surface area contributed by atoms with Crippen LogP contribution in [0, 0.1) is 6.92 Å². The summed E-state index contributed by atoms with van der Waals surface area (Å²) in [5, 5.41) is 11.2. The maximum absolute atomic E-state index is 12.9. The highest BCUT2D eigenvalue weighted by Crippen LogP contribution is 2.24. The Labute approximate surface area is 151 Å². The number of rotatable bonds is 5. The third-order valence-electron chi connectivity index (χ3n) is 4.42. The Bertz CT molecular complexity index is 855. The molecule has 0 unspecified atom stereocenters. The van der Waals surface area contributed by atoms with Crippen LogP contribution in [0.15, 0.2) is 40.6 Å². The molecule has 1 aromatic heterocycles. The van der Waals surface area contributed by atoms with Crippen LogP contribution >= 0.6 is 11.3 Å². The molecule has 1 saturated heterocycles. The van der Waals surface area contributed by atoms with Crippen LogP contribution in [0.4, 0.5) is 0 Å². The second-order valence-corrected chi connectivity index (χ2v) is 8.93. The molecule has 0 aliphatic carbocycles. The number of carbonyl (C=O) groups is 1. The quantitative estimate of drug-likeness (QED) is 0.861. The molecule has 2 heterocycles. The first-order valence-corrected chi connectivity index (χ1v) is 10.3. The fraction of sp³-hybridized carbons (Fsp3) is 0.353. The minimum absolute atomic E-state index is 0.0254. The summed E-state index contributed by atoms with van der Waals surface area (Å²) >= 11 is 1.70. The van der Waals surface area contributed by atoms with Gasteiger partial charge in [0.2, 0.25) is 10.0 Å². The maximum Gasteiger partial charge on any atom is 0.335 e. The van der Waals surface area contributed by atoms with Crippen molar-refractivity contribution >= 4 is 27.3 Å². The van der Waals surface area contributed by atoms with Crippen molar-refractivity contribution in [3.63, 3.8) is 0 Å². The molecule has 134 valence electrons. The summed E-state index contributed by atoms with van der Waals surface area (Å²) in [7, 11) is -3.69. The van der Waals surface area contributed by atoms with Gasteiger partial charge in [0.25, 0.3) is 0 Å². The molecule has 0 atom stereocenters. The number of piperazine rings is 1. The van der Waals surface area contributed by atoms with Gasteiger partial charge in [0.15, 0.2) is 0 Å². The molecule has 1 aliphatic rings. The van der Waals surface area contributed by atoms with Crippen molar-refractivity contribution < 1.29 is 18.3 Å². The zero-order valence-corrected chi connectivity index (χ0v) is 15.5. The number of carboxylic acid groups (broad SMARTS) is 1. The number of nitrogens with zero attached hydrogens (tertiary/aromatic N) is 2. The third kappa shape index (κ3) is 3.77. The van der Waals surface area contributed by atoms with Crippen molar-refractivity contribution in [2.75, 3.05) is 26.2 Å². The highest BCUT2D eigenvalue weighted by Gasteiger charge is 2.30. The molecule has 8 heteroatoms. The number of aromatic carboxylic acids is 1. The van der Waals surface area contributed by atoms with Gasteiger partial charge in [0.05, 0.1) is 10.5 Å². The van der Waals surface area contributed by atoms with Crippen LogP contribution in [-0.4, -0.2) is 54.9 Å². The molecule has 1 aliphatic heterocycles. The van der Waals surface area contributed by atoms with Crippen LogP contribution in [-0.2, 0) is 16.6 Å². The van der Waals surface area contributed by atoms with Gasteiger partial charge in [-0.25, -0.2) is 13.2 Å². The van der Waals surface area contributed by atoms with E-state index in [2.05, 4.69) is 11.0 Å². The lowest BCUT2D eigenvalue weighted by Gasteiger charge is -2.34. The molecular formula is C17H20N2O4S2. The Kier molecular flexibility index (Phi) is 5.24. The fourth-order valence-electron chi connectivity index (χ4n) is 3.02. The van der Waals surface area contributed by atoms with Crippen LogP contribution < -0.4 is 0 Å². The van der Waals surface area contributed by atoms with Gasteiger partial charge in [-0.1, -0.05) is 12.1 Å². The van der Waals surface area contributed by atoms with Crippen molar-refractivity contribution in [1.29, 1.82) is 0 Å². The zero-order valence-electron chi connectivity index (χ0n) is 13.9. The second kappa shape index (κ2) is 7.25. The highest BCUT2D eigenvalue weighted by atomic mass is 32.2. The Morgan fingerprint density at radius 3 is 2.48 bits per heavy atom. The van der Waals surface area contributed by atoms with Gasteiger partial charge in [-0.05, 0) is 36.1 Å². The topological polar surface area (TPSA) is 77.9 Å². The highest BCUT2D eigenvalue weighted by molar-refractivity contribution is 7.89. The summed E-state index contributed by atoms with van der Waals surface area (Å²) < 4.78 is 27.3. The van der Waals surface area contributed by atoms with E-state index >= 15 is 0 Å². The van der Waals surface area contributed by atoms with Crippen LogP contribution in [0.5, 0.6) is 0 Å². The van der Waals surface area contributed by atoms with Gasteiger partial charge >= 0.3 is 5.97 Å². The predicted octanol–water partition coefficient (Wildman–Crippen LogP) is 2.26. The Morgan fingerprint density at radius 1 is 1.16 bits per heavy atom. The number of sulfonamides is 1. The lowest BCUT2D eigenvalue weighted by atomic mass is 10.1. The van der Waals surface area contributed by atoms with E-state index < -0.39 is 16.0 Å². The summed E-state index contributed by atoms with van der Waals surface area (Å²) in [4.78, 5) is 14.8. The van der Waals surface area contributed by atoms with Gasteiger partial charge in [-0.15, -0.1) is 11.3 Å². The summed E-state index contributed by atoms with van der Waals surface area (Å²) in [5.41, 5.74) is 0.313. The first-order chi connectivity index (χ1) is 11.9. The van der Waals surface area contributed by atoms with E-state index in [9.17, 15) is 18.3 Å². The van der Waals surface area contributed by atoms with E-state index in [4.69, 9.17) is 0 Å². The summed E-state index contributed by atoms with van der Waals surface area (Å²) in [5.74, 6) is -1.12.